The molecule has 1 saturated heterocycles. The fraction of sp³-hybridized carbons (Fsp3) is 0.868. The van der Waals surface area contributed by atoms with Crippen LogP contribution in [0.4, 0.5) is 4.79 Å². The lowest BCUT2D eigenvalue weighted by molar-refractivity contribution is -0.119. The van der Waals surface area contributed by atoms with Crippen LogP contribution in [0.1, 0.15) is 118 Å². The minimum atomic E-state index is -1.02. The first-order valence-electron chi connectivity index (χ1n) is 18.8. The molecule has 47 heavy (non-hydrogen) atoms. The molecule has 0 aromatic carbocycles. The molecule has 6 rings (SSSR count). The normalized spacial score (nSPS) is 37.0. The van der Waals surface area contributed by atoms with E-state index in [1.807, 2.05) is 4.90 Å². The number of hydrogen-bond acceptors (Lipinski definition) is 8. The monoisotopic (exact) mass is 655 g/mol. The molecule has 4 aliphatic carbocycles. The van der Waals surface area contributed by atoms with Gasteiger partial charge in [0.15, 0.2) is 0 Å². The molecule has 9 heteroatoms. The van der Waals surface area contributed by atoms with E-state index in [1.165, 1.54) is 38.5 Å². The molecule has 9 nitrogen and oxygen atoms in total. The first-order chi connectivity index (χ1) is 22.4. The topological polar surface area (TPSA) is 114 Å². The first-order valence-corrected chi connectivity index (χ1v) is 18.8. The number of hydrogen-bond donors (Lipinski definition) is 2. The van der Waals surface area contributed by atoms with Crippen LogP contribution in [0.2, 0.25) is 0 Å². The van der Waals surface area contributed by atoms with E-state index in [1.54, 1.807) is 32.3 Å². The summed E-state index contributed by atoms with van der Waals surface area (Å²) >= 11 is 0. The van der Waals surface area contributed by atoms with Crippen LogP contribution in [-0.2, 0) is 9.47 Å². The molecule has 0 bridgehead atoms. The largest absolute Gasteiger partial charge is 0.457 e. The lowest BCUT2D eigenvalue weighted by Gasteiger charge is -2.56. The standard InChI is InChI=1S/C38H61N3O6/c1-6-7-15-37-25-38(37)16-14-31(47-34(43)41-19-21-45-22-20-41)35(2,3)30(38)13-12-28(37)27-23-26(29(42)24-27)10-8-11-32(36(4,5)44)46-33-39-17-9-18-40-33/h9,17-18,26-32,42,44H,6-8,10-16,19-25H2,1-5H3. The van der Waals surface area contributed by atoms with Gasteiger partial charge in [-0.2, -0.15) is 0 Å². The molecule has 2 N–H and O–H groups in total. The number of amides is 1. The Morgan fingerprint density at radius 2 is 1.87 bits per heavy atom. The van der Waals surface area contributed by atoms with E-state index in [0.29, 0.717) is 67.3 Å². The van der Waals surface area contributed by atoms with E-state index in [4.69, 9.17) is 14.2 Å². The van der Waals surface area contributed by atoms with E-state index in [0.717, 1.165) is 38.5 Å². The Kier molecular flexibility index (Phi) is 10.2. The van der Waals surface area contributed by atoms with E-state index in [2.05, 4.69) is 30.7 Å². The molecule has 1 amide bonds. The van der Waals surface area contributed by atoms with Gasteiger partial charge in [-0.05, 0) is 125 Å². The first kappa shape index (κ1) is 34.9. The third-order valence-electron chi connectivity index (χ3n) is 13.6. The summed E-state index contributed by atoms with van der Waals surface area (Å²) in [4.78, 5) is 23.3. The van der Waals surface area contributed by atoms with Crippen molar-refractivity contribution < 1.29 is 29.2 Å². The van der Waals surface area contributed by atoms with Gasteiger partial charge in [0.05, 0.1) is 24.9 Å². The van der Waals surface area contributed by atoms with E-state index in [9.17, 15) is 15.0 Å². The minimum absolute atomic E-state index is 0.0441. The van der Waals surface area contributed by atoms with Crippen LogP contribution >= 0.6 is 0 Å². The maximum Gasteiger partial charge on any atom is 0.410 e. The van der Waals surface area contributed by atoms with Gasteiger partial charge >= 0.3 is 12.1 Å². The summed E-state index contributed by atoms with van der Waals surface area (Å²) < 4.78 is 17.8. The van der Waals surface area contributed by atoms with Crippen molar-refractivity contribution in [2.24, 2.45) is 39.9 Å². The Labute approximate surface area is 282 Å². The number of morpholine rings is 1. The Bertz CT molecular complexity index is 1200. The van der Waals surface area contributed by atoms with Gasteiger partial charge in [0.2, 0.25) is 0 Å². The Morgan fingerprint density at radius 1 is 1.13 bits per heavy atom. The van der Waals surface area contributed by atoms with Crippen LogP contribution in [0.5, 0.6) is 6.01 Å². The minimum Gasteiger partial charge on any atom is -0.457 e. The summed E-state index contributed by atoms with van der Waals surface area (Å²) in [5.41, 5.74) is -0.373. The fourth-order valence-electron chi connectivity index (χ4n) is 11.2. The SMILES string of the molecule is CCCCC12CC13CCC(OC(=O)N1CCOCC1)C(C)(C)C3CCC2C1CC(O)C(CCCC(Oc2ncccn2)C(C)(C)O)C1. The zero-order chi connectivity index (χ0) is 33.5. The molecule has 1 aliphatic heterocycles. The van der Waals surface area contributed by atoms with E-state index in [-0.39, 0.29) is 29.6 Å². The number of unbranched alkanes of at least 4 members (excludes halogenated alkanes) is 1. The van der Waals surface area contributed by atoms with Crippen molar-refractivity contribution in [2.45, 2.75) is 142 Å². The summed E-state index contributed by atoms with van der Waals surface area (Å²) in [7, 11) is 0. The van der Waals surface area contributed by atoms with Crippen molar-refractivity contribution in [1.29, 1.82) is 0 Å². The van der Waals surface area contributed by atoms with Gasteiger partial charge in [-0.1, -0.05) is 33.6 Å². The maximum absolute atomic E-state index is 13.1. The molecule has 5 fully saturated rings. The Hall–Kier alpha value is -1.97. The van der Waals surface area contributed by atoms with Crippen LogP contribution in [0, 0.1) is 39.9 Å². The van der Waals surface area contributed by atoms with Crippen LogP contribution in [-0.4, -0.2) is 81.4 Å². The third-order valence-corrected chi connectivity index (χ3v) is 13.6. The van der Waals surface area contributed by atoms with Gasteiger partial charge in [-0.3, -0.25) is 0 Å². The second kappa shape index (κ2) is 13.7. The van der Waals surface area contributed by atoms with Crippen LogP contribution in [0.15, 0.2) is 18.5 Å². The lowest BCUT2D eigenvalue weighted by Crippen LogP contribution is -2.54. The predicted molar refractivity (Wildman–Crippen MR) is 180 cm³/mol. The van der Waals surface area contributed by atoms with Gasteiger partial charge in [0.25, 0.3) is 0 Å². The third kappa shape index (κ3) is 6.79. The van der Waals surface area contributed by atoms with Gasteiger partial charge < -0.3 is 29.3 Å². The molecule has 4 saturated carbocycles. The van der Waals surface area contributed by atoms with Crippen molar-refractivity contribution in [1.82, 2.24) is 14.9 Å². The second-order valence-electron chi connectivity index (χ2n) is 16.9. The van der Waals surface area contributed by atoms with Gasteiger partial charge in [-0.15, -0.1) is 0 Å². The zero-order valence-corrected chi connectivity index (χ0v) is 29.7. The Balaban J connectivity index is 1.09. The van der Waals surface area contributed by atoms with Gasteiger partial charge in [0, 0.05) is 30.9 Å². The van der Waals surface area contributed by atoms with Crippen molar-refractivity contribution in [3.8, 4) is 6.01 Å². The highest BCUT2D eigenvalue weighted by Gasteiger charge is 2.78. The molecular weight excluding hydrogens is 594 g/mol. The molecule has 0 radical (unpaired) electrons. The average molecular weight is 656 g/mol. The number of ether oxygens (including phenoxy) is 3. The van der Waals surface area contributed by atoms with Crippen molar-refractivity contribution in [2.75, 3.05) is 26.3 Å². The molecule has 264 valence electrons. The van der Waals surface area contributed by atoms with Crippen molar-refractivity contribution in [3.05, 3.63) is 18.5 Å². The zero-order valence-electron chi connectivity index (χ0n) is 29.7. The number of aliphatic hydroxyl groups excluding tert-OH is 1. The van der Waals surface area contributed by atoms with Crippen LogP contribution < -0.4 is 4.74 Å². The fourth-order valence-corrected chi connectivity index (χ4v) is 11.2. The molecular formula is C38H61N3O6. The highest BCUT2D eigenvalue weighted by molar-refractivity contribution is 5.68. The predicted octanol–water partition coefficient (Wildman–Crippen LogP) is 6.80. The summed E-state index contributed by atoms with van der Waals surface area (Å²) in [6, 6.07) is 2.04. The highest BCUT2D eigenvalue weighted by atomic mass is 16.6. The molecule has 2 heterocycles. The molecule has 5 aliphatic rings. The van der Waals surface area contributed by atoms with E-state index < -0.39 is 11.7 Å². The number of carbonyl (C=O) groups excluding carboxylic acids is 1. The second-order valence-corrected chi connectivity index (χ2v) is 16.9. The molecule has 9 atom stereocenters. The summed E-state index contributed by atoms with van der Waals surface area (Å²) in [6.07, 6.45) is 16.6. The molecule has 1 aromatic rings. The van der Waals surface area contributed by atoms with Crippen molar-refractivity contribution in [3.63, 3.8) is 0 Å². The number of carbonyl (C=O) groups is 1. The van der Waals surface area contributed by atoms with Gasteiger partial charge in [0.1, 0.15) is 12.2 Å². The number of nitrogens with zero attached hydrogens (tertiary/aromatic N) is 3. The molecule has 1 aromatic heterocycles. The lowest BCUT2D eigenvalue weighted by atomic mass is 9.50. The smallest absolute Gasteiger partial charge is 0.410 e. The summed E-state index contributed by atoms with van der Waals surface area (Å²) in [5, 5.41) is 22.2. The van der Waals surface area contributed by atoms with Crippen LogP contribution in [0.3, 0.4) is 0 Å². The maximum atomic E-state index is 13.1. The number of aromatic nitrogens is 2. The average Bonchev–Trinajstić information content (AvgIpc) is 3.58. The number of aliphatic hydroxyl groups is 2. The quantitative estimate of drug-likeness (QED) is 0.253. The van der Waals surface area contributed by atoms with E-state index >= 15 is 0 Å². The highest BCUT2D eigenvalue weighted by Crippen LogP contribution is 2.84. The molecule has 1 spiro atoms. The number of rotatable bonds is 12. The van der Waals surface area contributed by atoms with Gasteiger partial charge in [-0.25, -0.2) is 14.8 Å². The summed E-state index contributed by atoms with van der Waals surface area (Å²) in [6.45, 7) is 13.0. The molecule has 9 unspecified atom stereocenters. The van der Waals surface area contributed by atoms with Crippen molar-refractivity contribution >= 4 is 6.09 Å². The Morgan fingerprint density at radius 3 is 2.57 bits per heavy atom. The summed E-state index contributed by atoms with van der Waals surface area (Å²) in [5.74, 6) is 2.08. The van der Waals surface area contributed by atoms with Crippen LogP contribution in [0.25, 0.3) is 0 Å².